The van der Waals surface area contributed by atoms with Gasteiger partial charge in [-0.2, -0.15) is 0 Å². The Morgan fingerprint density at radius 3 is 2.64 bits per heavy atom. The topological polar surface area (TPSA) is 30.3 Å². The van der Waals surface area contributed by atoms with Crippen molar-refractivity contribution < 1.29 is 9.13 Å². The number of ether oxygens (including phenoxy) is 1. The van der Waals surface area contributed by atoms with E-state index in [0.717, 1.165) is 36.0 Å². The third-order valence-electron chi connectivity index (χ3n) is 5.00. The van der Waals surface area contributed by atoms with Crippen LogP contribution in [-0.2, 0) is 6.54 Å². The van der Waals surface area contributed by atoms with Gasteiger partial charge in [0.15, 0.2) is 0 Å². The number of rotatable bonds is 7. The van der Waals surface area contributed by atoms with Gasteiger partial charge in [0.05, 0.1) is 24.1 Å². The van der Waals surface area contributed by atoms with E-state index >= 15 is 0 Å². The molecule has 0 amide bonds. The number of halogens is 3. The van der Waals surface area contributed by atoms with E-state index in [2.05, 4.69) is 10.00 Å². The summed E-state index contributed by atoms with van der Waals surface area (Å²) in [4.78, 5) is 2.14. The highest BCUT2D eigenvalue weighted by atomic mass is 35.5. The van der Waals surface area contributed by atoms with Crippen molar-refractivity contribution >= 4 is 34.1 Å². The Hall–Kier alpha value is -1.82. The molecule has 4 rings (SSSR count). The minimum Gasteiger partial charge on any atom is -0.476 e. The number of hydrogen-bond donors (Lipinski definition) is 0. The summed E-state index contributed by atoms with van der Waals surface area (Å²) < 4.78 is 21.1. The highest BCUT2D eigenvalue weighted by Crippen LogP contribution is 2.29. The van der Waals surface area contributed by atoms with Crippen LogP contribution in [0.3, 0.4) is 0 Å². The molecule has 2 heterocycles. The van der Waals surface area contributed by atoms with Gasteiger partial charge in [-0.25, -0.2) is 4.39 Å². The van der Waals surface area contributed by atoms with E-state index < -0.39 is 6.17 Å². The maximum absolute atomic E-state index is 13.3. The quantitative estimate of drug-likeness (QED) is 0.490. The Morgan fingerprint density at radius 2 is 1.89 bits per heavy atom. The molecular formula is C21H22Cl2FN3O. The second-order valence-electron chi connectivity index (χ2n) is 7.14. The summed E-state index contributed by atoms with van der Waals surface area (Å²) in [5, 5.41) is 6.91. The first-order valence-corrected chi connectivity index (χ1v) is 10.2. The van der Waals surface area contributed by atoms with Gasteiger partial charge in [0.1, 0.15) is 6.17 Å². The summed E-state index contributed by atoms with van der Waals surface area (Å²) >= 11 is 12.2. The molecule has 1 aliphatic heterocycles. The van der Waals surface area contributed by atoms with Crippen molar-refractivity contribution in [3.05, 3.63) is 58.1 Å². The second-order valence-corrected chi connectivity index (χ2v) is 8.01. The van der Waals surface area contributed by atoms with Crippen LogP contribution >= 0.6 is 23.2 Å². The van der Waals surface area contributed by atoms with Crippen molar-refractivity contribution in [3.8, 4) is 5.88 Å². The molecule has 1 atom stereocenters. The van der Waals surface area contributed by atoms with E-state index in [1.54, 1.807) is 0 Å². The standard InChI is InChI=1S/C21H22Cl2FN3O/c22-16-4-2-15(3-5-16)13-27-20-7-6-17(23)12-19(20)21(25-27)28-11-1-9-26-10-8-18(24)14-26/h2-7,12,18H,1,8-11,13-14H2. The lowest BCUT2D eigenvalue weighted by molar-refractivity contribution is 0.244. The Balaban J connectivity index is 1.46. The molecule has 3 aromatic rings. The van der Waals surface area contributed by atoms with Crippen LogP contribution in [0.25, 0.3) is 10.9 Å². The fourth-order valence-electron chi connectivity index (χ4n) is 3.56. The molecule has 1 saturated heterocycles. The lowest BCUT2D eigenvalue weighted by Gasteiger charge is -2.13. The molecule has 2 aromatic carbocycles. The van der Waals surface area contributed by atoms with Crippen LogP contribution in [0.1, 0.15) is 18.4 Å². The minimum absolute atomic E-state index is 0.535. The monoisotopic (exact) mass is 421 g/mol. The fraction of sp³-hybridized carbons (Fsp3) is 0.381. The Bertz CT molecular complexity index is 945. The number of aromatic nitrogens is 2. The third-order valence-corrected chi connectivity index (χ3v) is 5.48. The Kier molecular flexibility index (Phi) is 6.04. The van der Waals surface area contributed by atoms with Crippen LogP contribution in [0.4, 0.5) is 4.39 Å². The Labute approximate surface area is 173 Å². The van der Waals surface area contributed by atoms with Crippen LogP contribution in [0.2, 0.25) is 10.0 Å². The number of hydrogen-bond acceptors (Lipinski definition) is 3. The van der Waals surface area contributed by atoms with E-state index in [0.29, 0.717) is 42.0 Å². The summed E-state index contributed by atoms with van der Waals surface area (Å²) in [6.45, 7) is 3.35. The smallest absolute Gasteiger partial charge is 0.240 e. The number of fused-ring (bicyclic) bond motifs is 1. The van der Waals surface area contributed by atoms with Gasteiger partial charge in [0.25, 0.3) is 0 Å². The predicted octanol–water partition coefficient (Wildman–Crippen LogP) is 5.20. The van der Waals surface area contributed by atoms with Gasteiger partial charge in [-0.15, -0.1) is 5.10 Å². The zero-order valence-corrected chi connectivity index (χ0v) is 17.0. The lowest BCUT2D eigenvalue weighted by Crippen LogP contribution is -2.23. The van der Waals surface area contributed by atoms with E-state index in [1.807, 2.05) is 47.1 Å². The normalized spacial score (nSPS) is 17.5. The highest BCUT2D eigenvalue weighted by Gasteiger charge is 2.21. The van der Waals surface area contributed by atoms with Crippen LogP contribution in [-0.4, -0.2) is 47.1 Å². The van der Waals surface area contributed by atoms with Gasteiger partial charge in [-0.1, -0.05) is 35.3 Å². The third kappa shape index (κ3) is 4.59. The maximum Gasteiger partial charge on any atom is 0.240 e. The fourth-order valence-corrected chi connectivity index (χ4v) is 3.86. The molecule has 1 unspecified atom stereocenters. The number of nitrogens with zero attached hydrogens (tertiary/aromatic N) is 3. The van der Waals surface area contributed by atoms with E-state index in [4.69, 9.17) is 27.9 Å². The van der Waals surface area contributed by atoms with Gasteiger partial charge in [0, 0.05) is 29.7 Å². The number of likely N-dealkylation sites (tertiary alicyclic amines) is 1. The minimum atomic E-state index is -0.685. The molecule has 0 saturated carbocycles. The first-order valence-electron chi connectivity index (χ1n) is 9.48. The summed E-state index contributed by atoms with van der Waals surface area (Å²) in [5.74, 6) is 0.580. The van der Waals surface area contributed by atoms with Crippen molar-refractivity contribution in [1.82, 2.24) is 14.7 Å². The summed E-state index contributed by atoms with van der Waals surface area (Å²) in [5.41, 5.74) is 2.07. The van der Waals surface area contributed by atoms with Crippen LogP contribution in [0.15, 0.2) is 42.5 Å². The van der Waals surface area contributed by atoms with E-state index in [-0.39, 0.29) is 0 Å². The highest BCUT2D eigenvalue weighted by molar-refractivity contribution is 6.31. The second kappa shape index (κ2) is 8.68. The van der Waals surface area contributed by atoms with Gasteiger partial charge in [0.2, 0.25) is 5.88 Å². The van der Waals surface area contributed by atoms with E-state index in [1.165, 1.54) is 0 Å². The summed E-state index contributed by atoms with van der Waals surface area (Å²) in [7, 11) is 0. The molecule has 4 nitrogen and oxygen atoms in total. The molecule has 0 aliphatic carbocycles. The molecule has 148 valence electrons. The first-order chi connectivity index (χ1) is 13.6. The zero-order valence-electron chi connectivity index (χ0n) is 15.5. The van der Waals surface area contributed by atoms with Crippen molar-refractivity contribution in [1.29, 1.82) is 0 Å². The van der Waals surface area contributed by atoms with E-state index in [9.17, 15) is 4.39 Å². The molecular weight excluding hydrogens is 400 g/mol. The van der Waals surface area contributed by atoms with Gasteiger partial charge >= 0.3 is 0 Å². The molecule has 1 fully saturated rings. The predicted molar refractivity (Wildman–Crippen MR) is 111 cm³/mol. The molecule has 7 heteroatoms. The number of benzene rings is 2. The molecule has 1 aliphatic rings. The van der Waals surface area contributed by atoms with Crippen molar-refractivity contribution in [3.63, 3.8) is 0 Å². The summed E-state index contributed by atoms with van der Waals surface area (Å²) in [6.07, 6.45) is 0.786. The molecule has 1 aromatic heterocycles. The zero-order chi connectivity index (χ0) is 19.5. The molecule has 0 bridgehead atoms. The molecule has 0 spiro atoms. The average Bonchev–Trinajstić information content (AvgIpc) is 3.24. The Morgan fingerprint density at radius 1 is 1.11 bits per heavy atom. The van der Waals surface area contributed by atoms with Crippen LogP contribution in [0, 0.1) is 0 Å². The van der Waals surface area contributed by atoms with Crippen LogP contribution in [0.5, 0.6) is 5.88 Å². The summed E-state index contributed by atoms with van der Waals surface area (Å²) in [6, 6.07) is 13.4. The SMILES string of the molecule is FC1CCN(CCCOc2nn(Cc3ccc(Cl)cc3)c3ccc(Cl)cc23)C1. The lowest BCUT2D eigenvalue weighted by atomic mass is 10.2. The molecule has 0 radical (unpaired) electrons. The number of alkyl halides is 1. The van der Waals surface area contributed by atoms with Crippen LogP contribution < -0.4 is 4.74 Å². The molecule has 0 N–H and O–H groups in total. The van der Waals surface area contributed by atoms with Gasteiger partial charge < -0.3 is 9.64 Å². The largest absolute Gasteiger partial charge is 0.476 e. The van der Waals surface area contributed by atoms with Crippen molar-refractivity contribution in [2.24, 2.45) is 0 Å². The maximum atomic E-state index is 13.3. The van der Waals surface area contributed by atoms with Crippen molar-refractivity contribution in [2.75, 3.05) is 26.2 Å². The van der Waals surface area contributed by atoms with Crippen molar-refractivity contribution in [2.45, 2.75) is 25.6 Å². The van der Waals surface area contributed by atoms with Gasteiger partial charge in [-0.3, -0.25) is 4.68 Å². The average molecular weight is 422 g/mol. The first kappa shape index (κ1) is 19.5. The van der Waals surface area contributed by atoms with Gasteiger partial charge in [-0.05, 0) is 48.7 Å². The molecule has 28 heavy (non-hydrogen) atoms.